The number of hydrogen-bond acceptors (Lipinski definition) is 4. The van der Waals surface area contributed by atoms with Crippen molar-refractivity contribution >= 4 is 5.91 Å². The molecule has 2 fully saturated rings. The Hall–Kier alpha value is -0.650. The molecule has 1 unspecified atom stereocenters. The van der Waals surface area contributed by atoms with E-state index in [0.29, 0.717) is 19.4 Å². The Balaban J connectivity index is 2.21. The average Bonchev–Trinajstić information content (AvgIpc) is 2.66. The normalized spacial score (nSPS) is 29.7. The molecule has 1 atom stereocenters. The van der Waals surface area contributed by atoms with Gasteiger partial charge in [-0.25, -0.2) is 0 Å². The van der Waals surface area contributed by atoms with Crippen molar-refractivity contribution in [2.45, 2.75) is 96.6 Å². The number of carbonyl (C=O) groups excluding carboxylic acids is 1. The van der Waals surface area contributed by atoms with Crippen LogP contribution in [0.15, 0.2) is 0 Å². The summed E-state index contributed by atoms with van der Waals surface area (Å²) in [6.07, 6.45) is 4.23. The molecule has 0 aromatic rings. The minimum atomic E-state index is -0.723. The van der Waals surface area contributed by atoms with E-state index in [1.54, 1.807) is 0 Å². The second-order valence-corrected chi connectivity index (χ2v) is 7.91. The highest BCUT2D eigenvalue weighted by Crippen LogP contribution is 2.47. The minimum absolute atomic E-state index is 0.0471. The lowest BCUT2D eigenvalue weighted by Crippen LogP contribution is -2.67. The summed E-state index contributed by atoms with van der Waals surface area (Å²) >= 11 is 0. The van der Waals surface area contributed by atoms with Crippen molar-refractivity contribution in [3.63, 3.8) is 0 Å². The summed E-state index contributed by atoms with van der Waals surface area (Å²) in [5.41, 5.74) is -1.23. The van der Waals surface area contributed by atoms with Gasteiger partial charge in [0, 0.05) is 23.9 Å². The van der Waals surface area contributed by atoms with Crippen LogP contribution >= 0.6 is 0 Å². The zero-order valence-corrected chi connectivity index (χ0v) is 15.0. The van der Waals surface area contributed by atoms with Crippen LogP contribution < -0.4 is 5.32 Å². The van der Waals surface area contributed by atoms with Crippen molar-refractivity contribution in [3.05, 3.63) is 0 Å². The van der Waals surface area contributed by atoms with Gasteiger partial charge in [0.1, 0.15) is 6.23 Å². The van der Waals surface area contributed by atoms with Gasteiger partial charge in [-0.2, -0.15) is 5.06 Å². The predicted molar refractivity (Wildman–Crippen MR) is 86.1 cm³/mol. The Kier molecular flexibility index (Phi) is 4.91. The molecule has 0 bridgehead atoms. The molecule has 0 aromatic carbocycles. The molecule has 2 aliphatic heterocycles. The molecule has 1 spiro atoms. The van der Waals surface area contributed by atoms with Gasteiger partial charge in [0.05, 0.1) is 6.61 Å². The SMILES string of the molecule is CCCCC1NC(=O)C2(CC(C)(C)N(OCC)C(C)(C)C2)O1. The van der Waals surface area contributed by atoms with Crippen LogP contribution in [0.3, 0.4) is 0 Å². The van der Waals surface area contributed by atoms with Gasteiger partial charge in [-0.15, -0.1) is 0 Å². The summed E-state index contributed by atoms with van der Waals surface area (Å²) in [5, 5.41) is 5.11. The molecule has 0 saturated carbocycles. The third kappa shape index (κ3) is 3.17. The van der Waals surface area contributed by atoms with E-state index in [-0.39, 0.29) is 23.2 Å². The number of carbonyl (C=O) groups is 1. The lowest BCUT2D eigenvalue weighted by molar-refractivity contribution is -0.302. The van der Waals surface area contributed by atoms with Gasteiger partial charge < -0.3 is 10.1 Å². The van der Waals surface area contributed by atoms with E-state index < -0.39 is 5.60 Å². The number of nitrogens with zero attached hydrogens (tertiary/aromatic N) is 1. The maximum absolute atomic E-state index is 12.7. The summed E-state index contributed by atoms with van der Waals surface area (Å²) in [6, 6.07) is 0. The Morgan fingerprint density at radius 1 is 1.23 bits per heavy atom. The number of hydrogen-bond donors (Lipinski definition) is 1. The second-order valence-electron chi connectivity index (χ2n) is 7.91. The van der Waals surface area contributed by atoms with E-state index in [9.17, 15) is 4.79 Å². The molecule has 0 radical (unpaired) electrons. The second kappa shape index (κ2) is 6.10. The van der Waals surface area contributed by atoms with Crippen LogP contribution in [0.1, 0.15) is 73.6 Å². The summed E-state index contributed by atoms with van der Waals surface area (Å²) in [7, 11) is 0. The first-order chi connectivity index (χ1) is 10.2. The van der Waals surface area contributed by atoms with Crippen LogP contribution in [-0.4, -0.2) is 40.5 Å². The molecular formula is C17H32N2O3. The van der Waals surface area contributed by atoms with Gasteiger partial charge >= 0.3 is 0 Å². The molecule has 1 N–H and O–H groups in total. The zero-order valence-electron chi connectivity index (χ0n) is 15.0. The molecule has 1 amide bonds. The molecule has 0 aliphatic carbocycles. The minimum Gasteiger partial charge on any atom is -0.342 e. The first-order valence-corrected chi connectivity index (χ1v) is 8.59. The number of ether oxygens (including phenoxy) is 1. The van der Waals surface area contributed by atoms with Gasteiger partial charge in [-0.3, -0.25) is 9.63 Å². The van der Waals surface area contributed by atoms with Crippen molar-refractivity contribution in [2.24, 2.45) is 0 Å². The van der Waals surface area contributed by atoms with Crippen molar-refractivity contribution in [2.75, 3.05) is 6.61 Å². The summed E-state index contributed by atoms with van der Waals surface area (Å²) < 4.78 is 6.26. The fraction of sp³-hybridized carbons (Fsp3) is 0.941. The molecule has 128 valence electrons. The van der Waals surface area contributed by atoms with Gasteiger partial charge in [0.25, 0.3) is 5.91 Å². The third-order valence-corrected chi connectivity index (χ3v) is 4.69. The molecule has 22 heavy (non-hydrogen) atoms. The Bertz CT molecular complexity index is 402. The fourth-order valence-corrected chi connectivity index (χ4v) is 4.30. The number of piperidine rings is 1. The van der Waals surface area contributed by atoms with Crippen LogP contribution in [0.5, 0.6) is 0 Å². The third-order valence-electron chi connectivity index (χ3n) is 4.69. The standard InChI is InChI=1S/C17H32N2O3/c1-7-9-10-13-18-14(20)17(22-13)11-15(3,4)19(21-8-2)16(5,6)12-17/h13H,7-12H2,1-6H3,(H,18,20). The van der Waals surface area contributed by atoms with E-state index >= 15 is 0 Å². The molecule has 5 heteroatoms. The maximum atomic E-state index is 12.7. The summed E-state index contributed by atoms with van der Waals surface area (Å²) in [4.78, 5) is 18.6. The smallest absolute Gasteiger partial charge is 0.254 e. The van der Waals surface area contributed by atoms with Crippen LogP contribution in [0.2, 0.25) is 0 Å². The molecule has 5 nitrogen and oxygen atoms in total. The summed E-state index contributed by atoms with van der Waals surface area (Å²) in [6.45, 7) is 13.3. The van der Waals surface area contributed by atoms with Gasteiger partial charge in [0.2, 0.25) is 0 Å². The van der Waals surface area contributed by atoms with Crippen molar-refractivity contribution in [3.8, 4) is 0 Å². The van der Waals surface area contributed by atoms with E-state index in [1.807, 2.05) is 6.92 Å². The number of hydroxylamine groups is 2. The van der Waals surface area contributed by atoms with Gasteiger partial charge in [0.15, 0.2) is 5.60 Å². The molecule has 2 saturated heterocycles. The lowest BCUT2D eigenvalue weighted by atomic mass is 9.72. The summed E-state index contributed by atoms with van der Waals surface area (Å²) in [5.74, 6) is 0.0471. The topological polar surface area (TPSA) is 50.8 Å². The first kappa shape index (κ1) is 17.7. The molecule has 2 heterocycles. The molecule has 2 aliphatic rings. The monoisotopic (exact) mass is 312 g/mol. The first-order valence-electron chi connectivity index (χ1n) is 8.59. The highest BCUT2D eigenvalue weighted by atomic mass is 16.7. The van der Waals surface area contributed by atoms with Crippen LogP contribution in [0.4, 0.5) is 0 Å². The number of amides is 1. The highest BCUT2D eigenvalue weighted by Gasteiger charge is 2.60. The van der Waals surface area contributed by atoms with E-state index in [0.717, 1.165) is 19.3 Å². The average molecular weight is 312 g/mol. The molecular weight excluding hydrogens is 280 g/mol. The van der Waals surface area contributed by atoms with Crippen molar-refractivity contribution < 1.29 is 14.4 Å². The molecule has 0 aromatic heterocycles. The van der Waals surface area contributed by atoms with Crippen LogP contribution in [0.25, 0.3) is 0 Å². The Morgan fingerprint density at radius 3 is 2.32 bits per heavy atom. The highest BCUT2D eigenvalue weighted by molar-refractivity contribution is 5.87. The fourth-order valence-electron chi connectivity index (χ4n) is 4.30. The number of nitrogens with one attached hydrogen (secondary N) is 1. The van der Waals surface area contributed by atoms with Crippen LogP contribution in [-0.2, 0) is 14.4 Å². The Morgan fingerprint density at radius 2 is 1.82 bits per heavy atom. The van der Waals surface area contributed by atoms with Gasteiger partial charge in [-0.05, 0) is 47.5 Å². The van der Waals surface area contributed by atoms with E-state index in [4.69, 9.17) is 9.57 Å². The number of unbranched alkanes of at least 4 members (excludes halogenated alkanes) is 1. The lowest BCUT2D eigenvalue weighted by Gasteiger charge is -2.55. The van der Waals surface area contributed by atoms with E-state index in [1.165, 1.54) is 0 Å². The molecule has 2 rings (SSSR count). The van der Waals surface area contributed by atoms with Gasteiger partial charge in [-0.1, -0.05) is 13.3 Å². The quantitative estimate of drug-likeness (QED) is 0.848. The van der Waals surface area contributed by atoms with Crippen molar-refractivity contribution in [1.82, 2.24) is 10.4 Å². The zero-order chi connectivity index (χ0) is 16.6. The maximum Gasteiger partial charge on any atom is 0.254 e. The van der Waals surface area contributed by atoms with E-state index in [2.05, 4.69) is 45.0 Å². The van der Waals surface area contributed by atoms with Crippen molar-refractivity contribution in [1.29, 1.82) is 0 Å². The van der Waals surface area contributed by atoms with Crippen LogP contribution in [0, 0.1) is 0 Å². The number of rotatable bonds is 5. The Labute approximate surface area is 134 Å². The largest absolute Gasteiger partial charge is 0.342 e. The predicted octanol–water partition coefficient (Wildman–Crippen LogP) is 2.99.